The molecule has 1 aliphatic carbocycles. The maximum atomic E-state index is 11.0. The van der Waals surface area contributed by atoms with Crippen molar-refractivity contribution in [3.63, 3.8) is 0 Å². The Morgan fingerprint density at radius 1 is 1.33 bits per heavy atom. The molecule has 0 aromatic carbocycles. The summed E-state index contributed by atoms with van der Waals surface area (Å²) in [6.07, 6.45) is 3.05. The molecule has 86 valence electrons. The number of carbonyl (C=O) groups is 1. The molecule has 2 atom stereocenters. The second-order valence-corrected chi connectivity index (χ2v) is 5.22. The monoisotopic (exact) mass is 212 g/mol. The van der Waals surface area contributed by atoms with E-state index in [1.54, 1.807) is 0 Å². The Labute approximate surface area is 90.4 Å². The smallest absolute Gasteiger partial charge is 0.307 e. The van der Waals surface area contributed by atoms with Crippen LogP contribution in [0.3, 0.4) is 0 Å². The quantitative estimate of drug-likeness (QED) is 0.700. The van der Waals surface area contributed by atoms with E-state index in [-0.39, 0.29) is 12.0 Å². The van der Waals surface area contributed by atoms with Gasteiger partial charge in [0.25, 0.3) is 0 Å². The van der Waals surface area contributed by atoms with Crippen molar-refractivity contribution in [3.8, 4) is 0 Å². The molecule has 2 fully saturated rings. The van der Waals surface area contributed by atoms with Crippen LogP contribution in [0.1, 0.15) is 26.2 Å². The van der Waals surface area contributed by atoms with E-state index < -0.39 is 5.97 Å². The minimum absolute atomic E-state index is 0.0377. The fraction of sp³-hybridized carbons (Fsp3) is 0.909. The Kier molecular flexibility index (Phi) is 2.98. The van der Waals surface area contributed by atoms with Crippen LogP contribution in [0.15, 0.2) is 0 Å². The van der Waals surface area contributed by atoms with Crippen LogP contribution in [0.5, 0.6) is 0 Å². The first kappa shape index (κ1) is 10.9. The fourth-order valence-electron chi connectivity index (χ4n) is 2.81. The van der Waals surface area contributed by atoms with E-state index in [1.165, 1.54) is 12.8 Å². The average Bonchev–Trinajstić information content (AvgIpc) is 2.12. The standard InChI is InChI=1S/C11H20N2O2/c1-7-2-10(3-7)13-5-8(11(14)15)4-9(12)6-13/h7-10H,2-6,12H2,1H3,(H,14,15). The molecule has 4 heteroatoms. The molecular weight excluding hydrogens is 192 g/mol. The van der Waals surface area contributed by atoms with Crippen LogP contribution in [0.4, 0.5) is 0 Å². The number of carboxylic acid groups (broad SMARTS) is 1. The molecule has 1 saturated carbocycles. The minimum atomic E-state index is -0.692. The fourth-order valence-corrected chi connectivity index (χ4v) is 2.81. The van der Waals surface area contributed by atoms with Gasteiger partial charge in [0.15, 0.2) is 0 Å². The third-order valence-corrected chi connectivity index (χ3v) is 3.73. The first-order valence-electron chi connectivity index (χ1n) is 5.78. The summed E-state index contributed by atoms with van der Waals surface area (Å²) in [5.41, 5.74) is 5.90. The summed E-state index contributed by atoms with van der Waals surface area (Å²) < 4.78 is 0. The summed E-state index contributed by atoms with van der Waals surface area (Å²) in [5, 5.41) is 9.02. The van der Waals surface area contributed by atoms with Crippen molar-refractivity contribution in [1.82, 2.24) is 4.90 Å². The normalized spacial score (nSPS) is 42.3. The highest BCUT2D eigenvalue weighted by Crippen LogP contribution is 2.33. The molecule has 0 amide bonds. The number of rotatable bonds is 2. The topological polar surface area (TPSA) is 66.6 Å². The van der Waals surface area contributed by atoms with Crippen molar-refractivity contribution < 1.29 is 9.90 Å². The molecule has 15 heavy (non-hydrogen) atoms. The molecule has 2 rings (SSSR count). The molecule has 3 N–H and O–H groups in total. The maximum absolute atomic E-state index is 11.0. The van der Waals surface area contributed by atoms with Gasteiger partial charge in [0, 0.05) is 25.2 Å². The zero-order valence-corrected chi connectivity index (χ0v) is 9.22. The highest BCUT2D eigenvalue weighted by Gasteiger charge is 2.37. The zero-order valence-electron chi connectivity index (χ0n) is 9.22. The van der Waals surface area contributed by atoms with Gasteiger partial charge in [-0.05, 0) is 25.2 Å². The Morgan fingerprint density at radius 3 is 2.53 bits per heavy atom. The summed E-state index contributed by atoms with van der Waals surface area (Å²) in [4.78, 5) is 13.2. The first-order valence-corrected chi connectivity index (χ1v) is 5.78. The molecule has 1 saturated heterocycles. The lowest BCUT2D eigenvalue weighted by Crippen LogP contribution is -2.55. The number of hydrogen-bond donors (Lipinski definition) is 2. The lowest BCUT2D eigenvalue weighted by Gasteiger charge is -2.46. The molecule has 4 nitrogen and oxygen atoms in total. The van der Waals surface area contributed by atoms with E-state index in [2.05, 4.69) is 11.8 Å². The molecule has 0 radical (unpaired) electrons. The largest absolute Gasteiger partial charge is 0.481 e. The highest BCUT2D eigenvalue weighted by atomic mass is 16.4. The number of nitrogens with zero attached hydrogens (tertiary/aromatic N) is 1. The van der Waals surface area contributed by atoms with Gasteiger partial charge >= 0.3 is 5.97 Å². The second kappa shape index (κ2) is 4.10. The molecule has 0 aromatic rings. The van der Waals surface area contributed by atoms with Crippen LogP contribution in [-0.4, -0.2) is 41.1 Å². The highest BCUT2D eigenvalue weighted by molar-refractivity contribution is 5.70. The number of carboxylic acids is 1. The van der Waals surface area contributed by atoms with E-state index in [1.807, 2.05) is 0 Å². The Balaban J connectivity index is 1.92. The van der Waals surface area contributed by atoms with Crippen LogP contribution >= 0.6 is 0 Å². The summed E-state index contributed by atoms with van der Waals surface area (Å²) in [6.45, 7) is 3.82. The zero-order chi connectivity index (χ0) is 11.0. The van der Waals surface area contributed by atoms with Gasteiger partial charge < -0.3 is 10.8 Å². The van der Waals surface area contributed by atoms with Crippen molar-refractivity contribution in [2.75, 3.05) is 13.1 Å². The van der Waals surface area contributed by atoms with Crippen molar-refractivity contribution in [3.05, 3.63) is 0 Å². The predicted molar refractivity (Wildman–Crippen MR) is 57.5 cm³/mol. The van der Waals surface area contributed by atoms with Gasteiger partial charge in [-0.15, -0.1) is 0 Å². The Morgan fingerprint density at radius 2 is 2.00 bits per heavy atom. The third-order valence-electron chi connectivity index (χ3n) is 3.73. The molecule has 0 spiro atoms. The second-order valence-electron chi connectivity index (χ2n) is 5.22. The van der Waals surface area contributed by atoms with Gasteiger partial charge in [-0.2, -0.15) is 0 Å². The van der Waals surface area contributed by atoms with E-state index in [4.69, 9.17) is 10.8 Å². The van der Waals surface area contributed by atoms with Gasteiger partial charge in [-0.25, -0.2) is 0 Å². The van der Waals surface area contributed by atoms with Gasteiger partial charge in [-0.3, -0.25) is 9.69 Å². The van der Waals surface area contributed by atoms with E-state index >= 15 is 0 Å². The van der Waals surface area contributed by atoms with Crippen molar-refractivity contribution in [1.29, 1.82) is 0 Å². The molecule has 2 unspecified atom stereocenters. The number of nitrogens with two attached hydrogens (primary N) is 1. The number of aliphatic carboxylic acids is 1. The Hall–Kier alpha value is -0.610. The van der Waals surface area contributed by atoms with Crippen LogP contribution in [0, 0.1) is 11.8 Å². The SMILES string of the molecule is CC1CC(N2CC(N)CC(C(=O)O)C2)C1. The Bertz CT molecular complexity index is 251. The summed E-state index contributed by atoms with van der Waals surface area (Å²) in [7, 11) is 0. The summed E-state index contributed by atoms with van der Waals surface area (Å²) >= 11 is 0. The minimum Gasteiger partial charge on any atom is -0.481 e. The van der Waals surface area contributed by atoms with Gasteiger partial charge in [0.1, 0.15) is 0 Å². The van der Waals surface area contributed by atoms with Gasteiger partial charge in [0.2, 0.25) is 0 Å². The van der Waals surface area contributed by atoms with Gasteiger partial charge in [-0.1, -0.05) is 6.92 Å². The van der Waals surface area contributed by atoms with Crippen LogP contribution < -0.4 is 5.73 Å². The molecule has 1 aliphatic heterocycles. The lowest BCUT2D eigenvalue weighted by atomic mass is 9.79. The van der Waals surface area contributed by atoms with Crippen LogP contribution in [-0.2, 0) is 4.79 Å². The van der Waals surface area contributed by atoms with Gasteiger partial charge in [0.05, 0.1) is 5.92 Å². The molecule has 2 aliphatic rings. The van der Waals surface area contributed by atoms with Crippen LogP contribution in [0.2, 0.25) is 0 Å². The average molecular weight is 212 g/mol. The van der Waals surface area contributed by atoms with Crippen molar-refractivity contribution >= 4 is 5.97 Å². The van der Waals surface area contributed by atoms with Crippen molar-refractivity contribution in [2.45, 2.75) is 38.3 Å². The van der Waals surface area contributed by atoms with Crippen molar-refractivity contribution in [2.24, 2.45) is 17.6 Å². The number of hydrogen-bond acceptors (Lipinski definition) is 3. The number of piperidine rings is 1. The predicted octanol–water partition coefficient (Wildman–Crippen LogP) is 0.519. The van der Waals surface area contributed by atoms with E-state index in [9.17, 15) is 4.79 Å². The third kappa shape index (κ3) is 2.32. The van der Waals surface area contributed by atoms with E-state index in [0.717, 1.165) is 12.5 Å². The first-order chi connectivity index (χ1) is 7.06. The summed E-state index contributed by atoms with van der Waals surface area (Å²) in [5.74, 6) is -0.149. The van der Waals surface area contributed by atoms with E-state index in [0.29, 0.717) is 19.0 Å². The molecule has 1 heterocycles. The molecule has 0 bridgehead atoms. The molecular formula is C11H20N2O2. The number of likely N-dealkylation sites (tertiary alicyclic amines) is 1. The van der Waals surface area contributed by atoms with Crippen LogP contribution in [0.25, 0.3) is 0 Å². The summed E-state index contributed by atoms with van der Waals surface area (Å²) in [6, 6.07) is 0.629. The lowest BCUT2D eigenvalue weighted by molar-refractivity contribution is -0.144. The maximum Gasteiger partial charge on any atom is 0.307 e. The molecule has 0 aromatic heterocycles.